The minimum Gasteiger partial charge on any atom is -0.491 e. The zero-order valence-electron chi connectivity index (χ0n) is 22.8. The highest BCUT2D eigenvalue weighted by Gasteiger charge is 2.49. The molecule has 210 valence electrons. The lowest BCUT2D eigenvalue weighted by molar-refractivity contribution is -0.254. The molecule has 2 heterocycles. The Morgan fingerprint density at radius 2 is 1.79 bits per heavy atom. The van der Waals surface area contributed by atoms with Crippen molar-refractivity contribution in [1.82, 2.24) is 4.90 Å². The van der Waals surface area contributed by atoms with Crippen LogP contribution in [-0.4, -0.2) is 62.3 Å². The molecule has 2 aromatic carbocycles. The van der Waals surface area contributed by atoms with E-state index in [0.717, 1.165) is 5.69 Å². The molecule has 0 radical (unpaired) electrons. The highest BCUT2D eigenvalue weighted by molar-refractivity contribution is 5.69. The van der Waals surface area contributed by atoms with Gasteiger partial charge in [-0.05, 0) is 58.0 Å². The number of rotatable bonds is 8. The van der Waals surface area contributed by atoms with Gasteiger partial charge in [0, 0.05) is 43.9 Å². The van der Waals surface area contributed by atoms with E-state index in [1.54, 1.807) is 36.1 Å². The monoisotopic (exact) mass is 543 g/mol. The van der Waals surface area contributed by atoms with Crippen molar-refractivity contribution < 1.29 is 32.5 Å². The lowest BCUT2D eigenvalue weighted by Crippen LogP contribution is -2.65. The van der Waals surface area contributed by atoms with Gasteiger partial charge in [0.1, 0.15) is 5.60 Å². The van der Waals surface area contributed by atoms with E-state index in [4.69, 9.17) is 24.2 Å². The molecule has 2 saturated heterocycles. The lowest BCUT2D eigenvalue weighted by Gasteiger charge is -2.52. The Morgan fingerprint density at radius 1 is 1.13 bits per heavy atom. The predicted molar refractivity (Wildman–Crippen MR) is 140 cm³/mol. The normalized spacial score (nSPS) is 16.9. The number of nitriles is 1. The number of benzene rings is 2. The van der Waals surface area contributed by atoms with Gasteiger partial charge in [-0.3, -0.25) is 0 Å². The second kappa shape index (κ2) is 11.8. The van der Waals surface area contributed by atoms with Crippen LogP contribution in [0.3, 0.4) is 0 Å². The first-order valence-electron chi connectivity index (χ1n) is 13.1. The Bertz CT molecular complexity index is 1190. The number of likely N-dealkylation sites (tertiary alicyclic amines) is 1. The van der Waals surface area contributed by atoms with Gasteiger partial charge in [-0.2, -0.15) is 9.65 Å². The molecule has 2 fully saturated rings. The van der Waals surface area contributed by atoms with Gasteiger partial charge in [0.05, 0.1) is 36.9 Å². The highest BCUT2D eigenvalue weighted by Crippen LogP contribution is 2.36. The number of halogens is 2. The highest BCUT2D eigenvalue weighted by atomic mass is 19.2. The Labute approximate surface area is 228 Å². The fraction of sp³-hybridized carbons (Fsp3) is 0.517. The van der Waals surface area contributed by atoms with E-state index < -0.39 is 23.5 Å². The van der Waals surface area contributed by atoms with E-state index in [1.807, 2.05) is 25.7 Å². The van der Waals surface area contributed by atoms with Crippen molar-refractivity contribution in [3.05, 3.63) is 59.2 Å². The SMILES string of the molecule is CCOc1ccc(CN(CCC2OCC3(CO2)CN(C(=O)OC(C)(C)C)C3)c2ccc(C#N)cc2)c(F)c1F. The van der Waals surface area contributed by atoms with Gasteiger partial charge in [0.15, 0.2) is 17.9 Å². The molecule has 0 bridgehead atoms. The van der Waals surface area contributed by atoms with E-state index in [1.165, 1.54) is 12.1 Å². The van der Waals surface area contributed by atoms with Gasteiger partial charge in [-0.1, -0.05) is 6.07 Å². The smallest absolute Gasteiger partial charge is 0.410 e. The van der Waals surface area contributed by atoms with Gasteiger partial charge < -0.3 is 28.7 Å². The number of anilines is 1. The fourth-order valence-corrected chi connectivity index (χ4v) is 4.67. The van der Waals surface area contributed by atoms with Gasteiger partial charge in [-0.25, -0.2) is 9.18 Å². The largest absolute Gasteiger partial charge is 0.491 e. The van der Waals surface area contributed by atoms with Crippen LogP contribution in [-0.2, 0) is 20.8 Å². The zero-order valence-corrected chi connectivity index (χ0v) is 22.8. The fourth-order valence-electron chi connectivity index (χ4n) is 4.67. The lowest BCUT2D eigenvalue weighted by atomic mass is 9.81. The molecule has 0 atom stereocenters. The Morgan fingerprint density at radius 3 is 2.38 bits per heavy atom. The first-order valence-corrected chi connectivity index (χ1v) is 13.1. The van der Waals surface area contributed by atoms with Gasteiger partial charge in [-0.15, -0.1) is 0 Å². The standard InChI is InChI=1S/C29H35F2N3O5/c1-5-36-23-11-8-21(25(30)26(23)31)15-33(22-9-6-20(14-32)7-10-22)13-12-24-37-18-29(19-38-24)16-34(17-29)27(35)39-28(2,3)4/h6-11,24H,5,12-13,15-19H2,1-4H3. The van der Waals surface area contributed by atoms with Crippen LogP contribution in [0.2, 0.25) is 0 Å². The van der Waals surface area contributed by atoms with Gasteiger partial charge >= 0.3 is 6.09 Å². The maximum atomic E-state index is 14.9. The summed E-state index contributed by atoms with van der Waals surface area (Å²) < 4.78 is 52.0. The second-order valence-electron chi connectivity index (χ2n) is 11.0. The number of carbonyl (C=O) groups is 1. The Balaban J connectivity index is 1.37. The Kier molecular flexibility index (Phi) is 8.62. The van der Waals surface area contributed by atoms with Crippen LogP contribution >= 0.6 is 0 Å². The molecule has 0 N–H and O–H groups in total. The van der Waals surface area contributed by atoms with E-state index in [9.17, 15) is 13.6 Å². The molecule has 1 spiro atoms. The first kappa shape index (κ1) is 28.6. The zero-order chi connectivity index (χ0) is 28.2. The number of hydrogen-bond acceptors (Lipinski definition) is 7. The number of hydrogen-bond donors (Lipinski definition) is 0. The maximum Gasteiger partial charge on any atom is 0.410 e. The van der Waals surface area contributed by atoms with E-state index in [0.29, 0.717) is 44.8 Å². The summed E-state index contributed by atoms with van der Waals surface area (Å²) in [4.78, 5) is 15.8. The van der Waals surface area contributed by atoms with Crippen molar-refractivity contribution >= 4 is 11.8 Å². The van der Waals surface area contributed by atoms with Gasteiger partial charge in [0.25, 0.3) is 0 Å². The molecule has 0 aliphatic carbocycles. The average molecular weight is 544 g/mol. The second-order valence-corrected chi connectivity index (χ2v) is 11.0. The summed E-state index contributed by atoms with van der Waals surface area (Å²) in [5.74, 6) is -2.09. The van der Waals surface area contributed by atoms with Crippen molar-refractivity contribution in [3.8, 4) is 11.8 Å². The number of nitrogens with zero attached hydrogens (tertiary/aromatic N) is 3. The van der Waals surface area contributed by atoms with Crippen LogP contribution < -0.4 is 9.64 Å². The van der Waals surface area contributed by atoms with Crippen molar-refractivity contribution in [2.24, 2.45) is 5.41 Å². The quantitative estimate of drug-likeness (QED) is 0.450. The van der Waals surface area contributed by atoms with Crippen molar-refractivity contribution in [1.29, 1.82) is 5.26 Å². The topological polar surface area (TPSA) is 84.3 Å². The molecular weight excluding hydrogens is 508 g/mol. The van der Waals surface area contributed by atoms with Gasteiger partial charge in [0.2, 0.25) is 5.82 Å². The molecule has 0 unspecified atom stereocenters. The van der Waals surface area contributed by atoms with E-state index >= 15 is 0 Å². The molecule has 2 aliphatic rings. The van der Waals surface area contributed by atoms with Crippen molar-refractivity contribution in [2.75, 3.05) is 44.4 Å². The van der Waals surface area contributed by atoms with Crippen LogP contribution in [0.25, 0.3) is 0 Å². The van der Waals surface area contributed by atoms with Crippen LogP contribution in [0, 0.1) is 28.4 Å². The third-order valence-electron chi connectivity index (χ3n) is 6.64. The van der Waals surface area contributed by atoms with Crippen molar-refractivity contribution in [3.63, 3.8) is 0 Å². The van der Waals surface area contributed by atoms with E-state index in [-0.39, 0.29) is 36.0 Å². The number of amides is 1. The molecule has 2 aliphatic heterocycles. The summed E-state index contributed by atoms with van der Waals surface area (Å²) in [5.41, 5.74) is 0.639. The predicted octanol–water partition coefficient (Wildman–Crippen LogP) is 5.24. The molecule has 10 heteroatoms. The summed E-state index contributed by atoms with van der Waals surface area (Å²) in [5, 5.41) is 9.15. The molecule has 1 amide bonds. The van der Waals surface area contributed by atoms with Crippen molar-refractivity contribution in [2.45, 2.75) is 52.6 Å². The molecule has 2 aromatic rings. The van der Waals surface area contributed by atoms with Crippen LogP contribution in [0.4, 0.5) is 19.3 Å². The summed E-state index contributed by atoms with van der Waals surface area (Å²) in [6, 6.07) is 12.0. The third kappa shape index (κ3) is 6.97. The van der Waals surface area contributed by atoms with Crippen LogP contribution in [0.1, 0.15) is 45.2 Å². The molecular formula is C29H35F2N3O5. The minimum atomic E-state index is -1.01. The number of carbonyl (C=O) groups excluding carboxylic acids is 1. The number of ether oxygens (including phenoxy) is 4. The third-order valence-corrected chi connectivity index (χ3v) is 6.64. The van der Waals surface area contributed by atoms with Crippen LogP contribution in [0.15, 0.2) is 36.4 Å². The maximum absolute atomic E-state index is 14.9. The summed E-state index contributed by atoms with van der Waals surface area (Å²) in [6.07, 6.45) is -0.340. The Hall–Kier alpha value is -3.42. The molecule has 0 saturated carbocycles. The minimum absolute atomic E-state index is 0.0998. The molecule has 39 heavy (non-hydrogen) atoms. The van der Waals surface area contributed by atoms with E-state index in [2.05, 4.69) is 6.07 Å². The summed E-state index contributed by atoms with van der Waals surface area (Å²) in [6.45, 7) is 9.89. The summed E-state index contributed by atoms with van der Waals surface area (Å²) >= 11 is 0. The van der Waals surface area contributed by atoms with Crippen LogP contribution in [0.5, 0.6) is 5.75 Å². The molecule has 0 aromatic heterocycles. The summed E-state index contributed by atoms with van der Waals surface area (Å²) in [7, 11) is 0. The molecule has 8 nitrogen and oxygen atoms in total. The first-order chi connectivity index (χ1) is 18.5. The average Bonchev–Trinajstić information content (AvgIpc) is 2.88. The molecule has 4 rings (SSSR count).